The third-order valence-corrected chi connectivity index (χ3v) is 3.70. The molecule has 2 rings (SSSR count). The largest absolute Gasteiger partial charge is 0.369 e. The molecule has 2 aromatic rings. The molecule has 0 aliphatic rings. The minimum atomic E-state index is 0.0507. The number of hydrogen-bond donors (Lipinski definition) is 0. The zero-order valence-electron chi connectivity index (χ0n) is 10.6. The fourth-order valence-electron chi connectivity index (χ4n) is 1.77. The lowest BCUT2D eigenvalue weighted by atomic mass is 10.1. The van der Waals surface area contributed by atoms with Crippen LogP contribution in [0.3, 0.4) is 0 Å². The SMILES string of the molecule is Cc1ccc(COCC(=O)c2cccs2)c(C)c1. The molecule has 0 N–H and O–H groups in total. The van der Waals surface area contributed by atoms with Gasteiger partial charge in [0.2, 0.25) is 0 Å². The predicted molar refractivity (Wildman–Crippen MR) is 74.2 cm³/mol. The highest BCUT2D eigenvalue weighted by Crippen LogP contribution is 2.13. The van der Waals surface area contributed by atoms with Crippen LogP contribution in [0.1, 0.15) is 26.4 Å². The van der Waals surface area contributed by atoms with Crippen molar-refractivity contribution in [3.8, 4) is 0 Å². The van der Waals surface area contributed by atoms with Crippen molar-refractivity contribution < 1.29 is 9.53 Å². The van der Waals surface area contributed by atoms with Gasteiger partial charge in [-0.05, 0) is 36.4 Å². The number of rotatable bonds is 5. The van der Waals surface area contributed by atoms with Crippen LogP contribution in [0.2, 0.25) is 0 Å². The Labute approximate surface area is 111 Å². The van der Waals surface area contributed by atoms with Gasteiger partial charge in [0.05, 0.1) is 11.5 Å². The molecule has 0 saturated carbocycles. The normalized spacial score (nSPS) is 10.6. The van der Waals surface area contributed by atoms with Gasteiger partial charge < -0.3 is 4.74 Å². The van der Waals surface area contributed by atoms with E-state index in [0.717, 1.165) is 10.4 Å². The third kappa shape index (κ3) is 3.28. The highest BCUT2D eigenvalue weighted by molar-refractivity contribution is 7.12. The molecule has 1 heterocycles. The standard InChI is InChI=1S/C15H16O2S/c1-11-5-6-13(12(2)8-11)9-17-10-14(16)15-4-3-7-18-15/h3-8H,9-10H2,1-2H3. The highest BCUT2D eigenvalue weighted by atomic mass is 32.1. The Hall–Kier alpha value is -1.45. The second-order valence-electron chi connectivity index (χ2n) is 4.32. The van der Waals surface area contributed by atoms with E-state index in [-0.39, 0.29) is 12.4 Å². The van der Waals surface area contributed by atoms with Crippen molar-refractivity contribution in [2.45, 2.75) is 20.5 Å². The molecule has 0 atom stereocenters. The van der Waals surface area contributed by atoms with E-state index in [1.165, 1.54) is 22.5 Å². The van der Waals surface area contributed by atoms with Crippen LogP contribution in [0, 0.1) is 13.8 Å². The number of benzene rings is 1. The molecule has 0 radical (unpaired) electrons. The fourth-order valence-corrected chi connectivity index (χ4v) is 2.42. The summed E-state index contributed by atoms with van der Waals surface area (Å²) in [6, 6.07) is 9.95. The molecular formula is C15H16O2S. The van der Waals surface area contributed by atoms with Crippen molar-refractivity contribution in [3.05, 3.63) is 57.3 Å². The Morgan fingerprint density at radius 3 is 2.78 bits per heavy atom. The Bertz CT molecular complexity index is 529. The monoisotopic (exact) mass is 260 g/mol. The molecule has 1 aromatic carbocycles. The lowest BCUT2D eigenvalue weighted by Gasteiger charge is -2.07. The van der Waals surface area contributed by atoms with Gasteiger partial charge in [-0.15, -0.1) is 11.3 Å². The van der Waals surface area contributed by atoms with Gasteiger partial charge >= 0.3 is 0 Å². The van der Waals surface area contributed by atoms with Crippen LogP contribution in [-0.2, 0) is 11.3 Å². The van der Waals surface area contributed by atoms with Crippen molar-refractivity contribution in [1.82, 2.24) is 0 Å². The van der Waals surface area contributed by atoms with Gasteiger partial charge in [0, 0.05) is 0 Å². The number of carbonyl (C=O) groups is 1. The average molecular weight is 260 g/mol. The first-order valence-electron chi connectivity index (χ1n) is 5.87. The molecule has 3 heteroatoms. The first kappa shape index (κ1) is 13.0. The van der Waals surface area contributed by atoms with E-state index < -0.39 is 0 Å². The minimum Gasteiger partial charge on any atom is -0.369 e. The van der Waals surface area contributed by atoms with Crippen molar-refractivity contribution in [2.24, 2.45) is 0 Å². The maximum absolute atomic E-state index is 11.7. The molecule has 2 nitrogen and oxygen atoms in total. The van der Waals surface area contributed by atoms with Crippen LogP contribution < -0.4 is 0 Å². The van der Waals surface area contributed by atoms with Gasteiger partial charge in [-0.25, -0.2) is 0 Å². The van der Waals surface area contributed by atoms with E-state index in [2.05, 4.69) is 32.0 Å². The molecule has 0 amide bonds. The Morgan fingerprint density at radius 1 is 1.28 bits per heavy atom. The molecule has 0 bridgehead atoms. The molecule has 0 saturated heterocycles. The maximum atomic E-state index is 11.7. The van der Waals surface area contributed by atoms with Gasteiger partial charge in [0.25, 0.3) is 0 Å². The number of aryl methyl sites for hydroxylation is 2. The van der Waals surface area contributed by atoms with Crippen molar-refractivity contribution >= 4 is 17.1 Å². The summed E-state index contributed by atoms with van der Waals surface area (Å²) in [6.07, 6.45) is 0. The number of ketones is 1. The Morgan fingerprint density at radius 2 is 2.11 bits per heavy atom. The molecule has 0 fully saturated rings. The molecule has 0 unspecified atom stereocenters. The minimum absolute atomic E-state index is 0.0507. The molecule has 0 aliphatic carbocycles. The zero-order valence-corrected chi connectivity index (χ0v) is 11.4. The molecular weight excluding hydrogens is 244 g/mol. The quantitative estimate of drug-likeness (QED) is 0.765. The average Bonchev–Trinajstić information content (AvgIpc) is 2.85. The predicted octanol–water partition coefficient (Wildman–Crippen LogP) is 3.76. The smallest absolute Gasteiger partial charge is 0.198 e. The van der Waals surface area contributed by atoms with Crippen LogP contribution in [0.5, 0.6) is 0 Å². The summed E-state index contributed by atoms with van der Waals surface area (Å²) in [5.41, 5.74) is 3.59. The van der Waals surface area contributed by atoms with E-state index in [1.54, 1.807) is 0 Å². The molecule has 94 valence electrons. The lowest BCUT2D eigenvalue weighted by Crippen LogP contribution is -2.08. The summed E-state index contributed by atoms with van der Waals surface area (Å²) in [5.74, 6) is 0.0507. The van der Waals surface area contributed by atoms with Crippen LogP contribution in [-0.4, -0.2) is 12.4 Å². The summed E-state index contributed by atoms with van der Waals surface area (Å²) in [7, 11) is 0. The third-order valence-electron chi connectivity index (χ3n) is 2.78. The van der Waals surface area contributed by atoms with Crippen LogP contribution in [0.4, 0.5) is 0 Å². The van der Waals surface area contributed by atoms with Gasteiger partial charge in [-0.3, -0.25) is 4.79 Å². The summed E-state index contributed by atoms with van der Waals surface area (Å²) >= 11 is 1.45. The van der Waals surface area contributed by atoms with Crippen molar-refractivity contribution in [3.63, 3.8) is 0 Å². The van der Waals surface area contributed by atoms with Gasteiger partial charge in [0.15, 0.2) is 5.78 Å². The van der Waals surface area contributed by atoms with Gasteiger partial charge in [-0.1, -0.05) is 29.8 Å². The first-order valence-corrected chi connectivity index (χ1v) is 6.75. The second kappa shape index (κ2) is 5.94. The van der Waals surface area contributed by atoms with E-state index in [9.17, 15) is 4.79 Å². The number of Topliss-reactive ketones (excluding diaryl/α,β-unsaturated/α-hetero) is 1. The van der Waals surface area contributed by atoms with Gasteiger partial charge in [0.1, 0.15) is 6.61 Å². The number of hydrogen-bond acceptors (Lipinski definition) is 3. The molecule has 0 aliphatic heterocycles. The fraction of sp³-hybridized carbons (Fsp3) is 0.267. The van der Waals surface area contributed by atoms with Crippen molar-refractivity contribution in [2.75, 3.05) is 6.61 Å². The number of carbonyl (C=O) groups excluding carboxylic acids is 1. The lowest BCUT2D eigenvalue weighted by molar-refractivity contribution is 0.0729. The first-order chi connectivity index (χ1) is 8.66. The molecule has 18 heavy (non-hydrogen) atoms. The van der Waals surface area contributed by atoms with E-state index in [4.69, 9.17) is 4.74 Å². The van der Waals surface area contributed by atoms with Crippen molar-refractivity contribution in [1.29, 1.82) is 0 Å². The summed E-state index contributed by atoms with van der Waals surface area (Å²) in [4.78, 5) is 12.5. The Kier molecular flexibility index (Phi) is 4.28. The second-order valence-corrected chi connectivity index (χ2v) is 5.27. The topological polar surface area (TPSA) is 26.3 Å². The van der Waals surface area contributed by atoms with E-state index in [0.29, 0.717) is 6.61 Å². The maximum Gasteiger partial charge on any atom is 0.198 e. The summed E-state index contributed by atoms with van der Waals surface area (Å²) in [6.45, 7) is 4.77. The van der Waals surface area contributed by atoms with Crippen LogP contribution >= 0.6 is 11.3 Å². The van der Waals surface area contributed by atoms with Gasteiger partial charge in [-0.2, -0.15) is 0 Å². The molecule has 1 aromatic heterocycles. The Balaban J connectivity index is 1.87. The summed E-state index contributed by atoms with van der Waals surface area (Å²) in [5, 5.41) is 1.90. The van der Waals surface area contributed by atoms with E-state index in [1.807, 2.05) is 17.5 Å². The molecule has 0 spiro atoms. The summed E-state index contributed by atoms with van der Waals surface area (Å²) < 4.78 is 5.48. The van der Waals surface area contributed by atoms with Crippen LogP contribution in [0.15, 0.2) is 35.7 Å². The number of ether oxygens (including phenoxy) is 1. The van der Waals surface area contributed by atoms with E-state index >= 15 is 0 Å². The van der Waals surface area contributed by atoms with Crippen LogP contribution in [0.25, 0.3) is 0 Å². The number of thiophene rings is 1. The highest BCUT2D eigenvalue weighted by Gasteiger charge is 2.07. The zero-order chi connectivity index (χ0) is 13.0.